The highest BCUT2D eigenvalue weighted by atomic mass is 16.5. The van der Waals surface area contributed by atoms with Crippen LogP contribution in [0.25, 0.3) is 11.2 Å². The Kier molecular flexibility index (Phi) is 2.56. The standard InChI is InChI=1S/C13H10N2O4/c1-7-12-13(19-14-7)10(15-18-12)11(16)8-3-5-9(17-2)6-4-8/h3-6H,1-2H3. The van der Waals surface area contributed by atoms with E-state index < -0.39 is 0 Å². The summed E-state index contributed by atoms with van der Waals surface area (Å²) in [5.74, 6) is 0.398. The van der Waals surface area contributed by atoms with Crippen molar-refractivity contribution in [3.05, 3.63) is 41.2 Å². The molecule has 0 saturated heterocycles. The van der Waals surface area contributed by atoms with Gasteiger partial charge in [-0.3, -0.25) is 4.79 Å². The highest BCUT2D eigenvalue weighted by Gasteiger charge is 2.23. The Bertz CT molecular complexity index is 740. The van der Waals surface area contributed by atoms with Crippen molar-refractivity contribution < 1.29 is 18.6 Å². The van der Waals surface area contributed by atoms with Crippen LogP contribution in [0.5, 0.6) is 5.75 Å². The van der Waals surface area contributed by atoms with Crippen molar-refractivity contribution in [1.82, 2.24) is 10.3 Å². The number of benzene rings is 1. The Morgan fingerprint density at radius 2 is 1.79 bits per heavy atom. The number of ether oxygens (including phenoxy) is 1. The van der Waals surface area contributed by atoms with Crippen molar-refractivity contribution >= 4 is 16.9 Å². The van der Waals surface area contributed by atoms with Gasteiger partial charge in [0.15, 0.2) is 0 Å². The zero-order valence-electron chi connectivity index (χ0n) is 10.3. The smallest absolute Gasteiger partial charge is 0.238 e. The normalized spacial score (nSPS) is 10.8. The predicted molar refractivity (Wildman–Crippen MR) is 65.2 cm³/mol. The Morgan fingerprint density at radius 1 is 1.11 bits per heavy atom. The zero-order valence-corrected chi connectivity index (χ0v) is 10.3. The highest BCUT2D eigenvalue weighted by molar-refractivity contribution is 6.13. The molecular weight excluding hydrogens is 248 g/mol. The summed E-state index contributed by atoms with van der Waals surface area (Å²) < 4.78 is 15.2. The summed E-state index contributed by atoms with van der Waals surface area (Å²) >= 11 is 0. The molecule has 0 aliphatic rings. The van der Waals surface area contributed by atoms with Crippen molar-refractivity contribution in [2.75, 3.05) is 7.11 Å². The summed E-state index contributed by atoms with van der Waals surface area (Å²) in [6.45, 7) is 1.72. The number of nitrogens with zero attached hydrogens (tertiary/aromatic N) is 2. The van der Waals surface area contributed by atoms with Gasteiger partial charge in [-0.25, -0.2) is 0 Å². The van der Waals surface area contributed by atoms with Crippen molar-refractivity contribution in [3.8, 4) is 5.75 Å². The van der Waals surface area contributed by atoms with Gasteiger partial charge in [0.25, 0.3) is 0 Å². The van der Waals surface area contributed by atoms with Crippen LogP contribution in [0.15, 0.2) is 33.3 Å². The van der Waals surface area contributed by atoms with Gasteiger partial charge < -0.3 is 13.8 Å². The number of hydrogen-bond donors (Lipinski definition) is 0. The van der Waals surface area contributed by atoms with Crippen LogP contribution >= 0.6 is 0 Å². The predicted octanol–water partition coefficient (Wildman–Crippen LogP) is 2.36. The van der Waals surface area contributed by atoms with E-state index in [-0.39, 0.29) is 17.1 Å². The molecule has 0 atom stereocenters. The Morgan fingerprint density at radius 3 is 2.47 bits per heavy atom. The van der Waals surface area contributed by atoms with Gasteiger partial charge >= 0.3 is 0 Å². The average Bonchev–Trinajstić information content (AvgIpc) is 3.02. The van der Waals surface area contributed by atoms with Crippen molar-refractivity contribution in [1.29, 1.82) is 0 Å². The summed E-state index contributed by atoms with van der Waals surface area (Å²) in [6, 6.07) is 6.72. The van der Waals surface area contributed by atoms with Crippen LogP contribution in [0.4, 0.5) is 0 Å². The molecule has 2 heterocycles. The molecular formula is C13H10N2O4. The van der Waals surface area contributed by atoms with E-state index in [1.165, 1.54) is 0 Å². The highest BCUT2D eigenvalue weighted by Crippen LogP contribution is 2.24. The van der Waals surface area contributed by atoms with Crippen molar-refractivity contribution in [3.63, 3.8) is 0 Å². The van der Waals surface area contributed by atoms with Crippen LogP contribution in [0, 0.1) is 6.92 Å². The number of aromatic nitrogens is 2. The van der Waals surface area contributed by atoms with Gasteiger partial charge in [0.05, 0.1) is 7.11 Å². The fourth-order valence-electron chi connectivity index (χ4n) is 1.78. The lowest BCUT2D eigenvalue weighted by Gasteiger charge is -2.00. The fraction of sp³-hybridized carbons (Fsp3) is 0.154. The van der Waals surface area contributed by atoms with Crippen LogP contribution in [-0.2, 0) is 0 Å². The van der Waals surface area contributed by atoms with Crippen LogP contribution < -0.4 is 4.74 Å². The van der Waals surface area contributed by atoms with Crippen LogP contribution in [0.1, 0.15) is 21.7 Å². The third-order valence-electron chi connectivity index (χ3n) is 2.82. The molecule has 0 saturated carbocycles. The summed E-state index contributed by atoms with van der Waals surface area (Å²) in [5.41, 5.74) is 1.84. The molecule has 0 N–H and O–H groups in total. The molecule has 6 heteroatoms. The topological polar surface area (TPSA) is 78.4 Å². The van der Waals surface area contributed by atoms with E-state index in [9.17, 15) is 4.79 Å². The minimum Gasteiger partial charge on any atom is -0.497 e. The average molecular weight is 258 g/mol. The number of carbonyl (C=O) groups excluding carboxylic acids is 1. The van der Waals surface area contributed by atoms with E-state index in [0.717, 1.165) is 0 Å². The first-order valence-electron chi connectivity index (χ1n) is 5.61. The lowest BCUT2D eigenvalue weighted by atomic mass is 10.1. The third-order valence-corrected chi connectivity index (χ3v) is 2.82. The zero-order chi connectivity index (χ0) is 13.4. The Balaban J connectivity index is 2.02. The minimum absolute atomic E-state index is 0.126. The Labute approximate surface area is 107 Å². The van der Waals surface area contributed by atoms with Gasteiger partial charge in [0.2, 0.25) is 22.6 Å². The molecule has 3 aromatic rings. The van der Waals surface area contributed by atoms with E-state index in [4.69, 9.17) is 13.8 Å². The molecule has 0 aliphatic carbocycles. The van der Waals surface area contributed by atoms with Gasteiger partial charge in [-0.15, -0.1) is 0 Å². The molecule has 0 fully saturated rings. The van der Waals surface area contributed by atoms with Crippen LogP contribution in [0.2, 0.25) is 0 Å². The number of ketones is 1. The second-order valence-corrected chi connectivity index (χ2v) is 4.02. The lowest BCUT2D eigenvalue weighted by Crippen LogP contribution is -2.01. The quantitative estimate of drug-likeness (QED) is 0.671. The maximum Gasteiger partial charge on any atom is 0.238 e. The summed E-state index contributed by atoms with van der Waals surface area (Å²) in [7, 11) is 1.56. The molecule has 2 aromatic heterocycles. The summed E-state index contributed by atoms with van der Waals surface area (Å²) in [4.78, 5) is 12.3. The summed E-state index contributed by atoms with van der Waals surface area (Å²) in [6.07, 6.45) is 0. The number of fused-ring (bicyclic) bond motifs is 1. The summed E-state index contributed by atoms with van der Waals surface area (Å²) in [5, 5.41) is 7.48. The molecule has 0 spiro atoms. The number of hydrogen-bond acceptors (Lipinski definition) is 6. The van der Waals surface area contributed by atoms with E-state index in [1.807, 2.05) is 0 Å². The second-order valence-electron chi connectivity index (χ2n) is 4.02. The molecule has 0 amide bonds. The van der Waals surface area contributed by atoms with E-state index >= 15 is 0 Å². The van der Waals surface area contributed by atoms with E-state index in [1.54, 1.807) is 38.3 Å². The van der Waals surface area contributed by atoms with Crippen molar-refractivity contribution in [2.45, 2.75) is 6.92 Å². The monoisotopic (exact) mass is 258 g/mol. The SMILES string of the molecule is COc1ccc(C(=O)c2noc3c(C)noc23)cc1. The molecule has 6 nitrogen and oxygen atoms in total. The number of rotatable bonds is 3. The largest absolute Gasteiger partial charge is 0.497 e. The van der Waals surface area contributed by atoms with Gasteiger partial charge in [-0.05, 0) is 31.2 Å². The molecule has 0 radical (unpaired) electrons. The van der Waals surface area contributed by atoms with Gasteiger partial charge in [0.1, 0.15) is 11.4 Å². The van der Waals surface area contributed by atoms with Crippen LogP contribution in [-0.4, -0.2) is 23.2 Å². The molecule has 0 aliphatic heterocycles. The second kappa shape index (κ2) is 4.24. The third kappa shape index (κ3) is 1.77. The van der Waals surface area contributed by atoms with Crippen LogP contribution in [0.3, 0.4) is 0 Å². The molecule has 1 aromatic carbocycles. The van der Waals surface area contributed by atoms with Gasteiger partial charge in [0, 0.05) is 5.56 Å². The van der Waals surface area contributed by atoms with Crippen molar-refractivity contribution in [2.24, 2.45) is 0 Å². The maximum atomic E-state index is 12.3. The first-order chi connectivity index (χ1) is 9.20. The molecule has 0 bridgehead atoms. The molecule has 19 heavy (non-hydrogen) atoms. The molecule has 3 rings (SSSR count). The molecule has 0 unspecified atom stereocenters. The molecule has 96 valence electrons. The number of methoxy groups -OCH3 is 1. The van der Waals surface area contributed by atoms with E-state index in [0.29, 0.717) is 22.6 Å². The number of aryl methyl sites for hydroxylation is 1. The minimum atomic E-state index is -0.280. The fourth-order valence-corrected chi connectivity index (χ4v) is 1.78. The first kappa shape index (κ1) is 11.5. The lowest BCUT2D eigenvalue weighted by molar-refractivity contribution is 0.103. The van der Waals surface area contributed by atoms with Gasteiger partial charge in [-0.2, -0.15) is 0 Å². The van der Waals surface area contributed by atoms with E-state index in [2.05, 4.69) is 10.3 Å². The van der Waals surface area contributed by atoms with Gasteiger partial charge in [-0.1, -0.05) is 10.3 Å². The maximum absolute atomic E-state index is 12.3. The Hall–Kier alpha value is -2.63. The number of carbonyl (C=O) groups is 1. The first-order valence-corrected chi connectivity index (χ1v) is 5.61.